The van der Waals surface area contributed by atoms with Crippen LogP contribution in [0.2, 0.25) is 0 Å². The standard InChI is InChI=1S/C3H3PS/c1-2-5-3-4-1/h1-3H. The van der Waals surface area contributed by atoms with Crippen molar-refractivity contribution in [3.05, 3.63) is 16.3 Å². The van der Waals surface area contributed by atoms with Crippen LogP contribution in [0.1, 0.15) is 0 Å². The van der Waals surface area contributed by atoms with Crippen LogP contribution < -0.4 is 0 Å². The fraction of sp³-hybridized carbons (Fsp3) is 0. The molecule has 0 bridgehead atoms. The van der Waals surface area contributed by atoms with E-state index in [2.05, 4.69) is 16.3 Å². The Morgan fingerprint density at radius 2 is 2.60 bits per heavy atom. The normalized spacial score (nSPS) is 9.60. The smallest absolute Gasteiger partial charge is 0.0180 e. The quantitative estimate of drug-likeness (QED) is 0.471. The summed E-state index contributed by atoms with van der Waals surface area (Å²) in [4.78, 5) is 0. The van der Waals surface area contributed by atoms with E-state index in [1.54, 1.807) is 11.3 Å². The summed E-state index contributed by atoms with van der Waals surface area (Å²) in [5.74, 6) is 2.12. The van der Waals surface area contributed by atoms with E-state index in [1.165, 1.54) is 8.19 Å². The molecule has 1 aromatic rings. The van der Waals surface area contributed by atoms with Gasteiger partial charge in [-0.05, 0) is 11.2 Å². The lowest BCUT2D eigenvalue weighted by molar-refractivity contribution is 2.38. The third kappa shape index (κ3) is 0.712. The molecule has 5 heavy (non-hydrogen) atoms. The molecule has 0 unspecified atom stereocenters. The van der Waals surface area contributed by atoms with Crippen LogP contribution in [0.4, 0.5) is 0 Å². The minimum atomic E-state index is 1.35. The first kappa shape index (κ1) is 3.32. The molecule has 26 valence electrons. The highest BCUT2D eigenvalue weighted by Gasteiger charge is 1.59. The van der Waals surface area contributed by atoms with Gasteiger partial charge in [-0.25, -0.2) is 0 Å². The van der Waals surface area contributed by atoms with Gasteiger partial charge in [0.15, 0.2) is 0 Å². The van der Waals surface area contributed by atoms with Crippen LogP contribution in [0.5, 0.6) is 0 Å². The van der Waals surface area contributed by atoms with Gasteiger partial charge in [-0.3, -0.25) is 0 Å². The SMILES string of the molecule is c1cscp1. The molecule has 0 radical (unpaired) electrons. The zero-order chi connectivity index (χ0) is 3.54. The van der Waals surface area contributed by atoms with Gasteiger partial charge in [-0.2, -0.15) is 0 Å². The first-order valence-corrected chi connectivity index (χ1v) is 3.30. The maximum Gasteiger partial charge on any atom is 0.0180 e. The van der Waals surface area contributed by atoms with Crippen molar-refractivity contribution in [2.45, 2.75) is 0 Å². The molecule has 0 aromatic carbocycles. The Morgan fingerprint density at radius 3 is 2.80 bits per heavy atom. The molecular formula is C3H3PS. The van der Waals surface area contributed by atoms with Crippen LogP contribution in [-0.4, -0.2) is 0 Å². The van der Waals surface area contributed by atoms with Crippen molar-refractivity contribution >= 4 is 19.5 Å². The second-order valence-corrected chi connectivity index (χ2v) is 2.66. The molecule has 0 aliphatic rings. The Bertz CT molecular complexity index is 63.4. The molecule has 0 atom stereocenters. The van der Waals surface area contributed by atoms with Gasteiger partial charge in [0.05, 0.1) is 0 Å². The predicted molar refractivity (Wildman–Crippen MR) is 26.8 cm³/mol. The van der Waals surface area contributed by atoms with Crippen molar-refractivity contribution in [2.75, 3.05) is 0 Å². The van der Waals surface area contributed by atoms with Crippen molar-refractivity contribution in [1.29, 1.82) is 0 Å². The molecular weight excluding hydrogens is 99.1 g/mol. The monoisotopic (exact) mass is 102 g/mol. The van der Waals surface area contributed by atoms with E-state index >= 15 is 0 Å². The van der Waals surface area contributed by atoms with Gasteiger partial charge in [0.1, 0.15) is 0 Å². The Morgan fingerprint density at radius 1 is 1.60 bits per heavy atom. The van der Waals surface area contributed by atoms with Crippen molar-refractivity contribution in [3.63, 3.8) is 0 Å². The maximum atomic E-state index is 2.14. The highest BCUT2D eigenvalue weighted by atomic mass is 32.1. The lowest BCUT2D eigenvalue weighted by Crippen LogP contribution is -1.04. The molecule has 0 aliphatic carbocycles. The molecule has 0 nitrogen and oxygen atoms in total. The van der Waals surface area contributed by atoms with Crippen molar-refractivity contribution in [2.24, 2.45) is 0 Å². The first-order chi connectivity index (χ1) is 2.50. The maximum absolute atomic E-state index is 2.14. The highest BCUT2D eigenvalue weighted by Crippen LogP contribution is 2.07. The minimum absolute atomic E-state index is 1.35. The van der Waals surface area contributed by atoms with Crippen LogP contribution in [0, 0.1) is 0 Å². The average molecular weight is 102 g/mol. The fourth-order valence-corrected chi connectivity index (χ4v) is 1.58. The number of hydrogen-bond donors (Lipinski definition) is 0. The van der Waals surface area contributed by atoms with Crippen LogP contribution in [0.25, 0.3) is 0 Å². The van der Waals surface area contributed by atoms with Crippen molar-refractivity contribution in [3.8, 4) is 0 Å². The van der Waals surface area contributed by atoms with Crippen molar-refractivity contribution < 1.29 is 0 Å². The lowest BCUT2D eigenvalue weighted by Gasteiger charge is -1.38. The Labute approximate surface area is 36.6 Å². The van der Waals surface area contributed by atoms with E-state index in [0.717, 1.165) is 0 Å². The summed E-state index contributed by atoms with van der Waals surface area (Å²) in [6, 6.07) is 0. The summed E-state index contributed by atoms with van der Waals surface area (Å²) in [5, 5.41) is 4.22. The zero-order valence-corrected chi connectivity index (χ0v) is 4.30. The summed E-state index contributed by atoms with van der Waals surface area (Å²) < 4.78 is 0. The topological polar surface area (TPSA) is 0 Å². The van der Waals surface area contributed by atoms with Crippen LogP contribution >= 0.6 is 19.5 Å². The van der Waals surface area contributed by atoms with Gasteiger partial charge in [-0.15, -0.1) is 11.3 Å². The summed E-state index contributed by atoms with van der Waals surface area (Å²) in [5.41, 5.74) is 0. The summed E-state index contributed by atoms with van der Waals surface area (Å²) in [7, 11) is 1.35. The second-order valence-electron chi connectivity index (χ2n) is 0.676. The molecule has 1 heterocycles. The molecule has 1 aromatic heterocycles. The van der Waals surface area contributed by atoms with E-state index in [-0.39, 0.29) is 0 Å². The molecule has 0 saturated heterocycles. The Hall–Kier alpha value is 0.130. The Balaban J connectivity index is 3.13. The second kappa shape index (κ2) is 1.54. The van der Waals surface area contributed by atoms with Gasteiger partial charge in [0.2, 0.25) is 0 Å². The van der Waals surface area contributed by atoms with Crippen LogP contribution in [-0.2, 0) is 0 Å². The molecule has 0 N–H and O–H groups in total. The van der Waals surface area contributed by atoms with Gasteiger partial charge in [0.25, 0.3) is 0 Å². The number of hydrogen-bond acceptors (Lipinski definition) is 1. The molecule has 0 saturated carbocycles. The Kier molecular flexibility index (Phi) is 1.02. The zero-order valence-electron chi connectivity index (χ0n) is 2.59. The molecule has 0 aliphatic heterocycles. The summed E-state index contributed by atoms with van der Waals surface area (Å²) in [6.45, 7) is 0. The van der Waals surface area contributed by atoms with E-state index in [1.807, 2.05) is 0 Å². The molecule has 1 rings (SSSR count). The van der Waals surface area contributed by atoms with E-state index in [4.69, 9.17) is 0 Å². The molecule has 0 spiro atoms. The van der Waals surface area contributed by atoms with Crippen LogP contribution in [0.15, 0.2) is 16.3 Å². The minimum Gasteiger partial charge on any atom is -0.147 e. The third-order valence-electron chi connectivity index (χ3n) is 0.347. The lowest BCUT2D eigenvalue weighted by atomic mass is 11.2. The summed E-state index contributed by atoms with van der Waals surface area (Å²) >= 11 is 1.76. The van der Waals surface area contributed by atoms with E-state index in [9.17, 15) is 0 Å². The van der Waals surface area contributed by atoms with Crippen molar-refractivity contribution in [1.82, 2.24) is 0 Å². The molecule has 0 amide bonds. The largest absolute Gasteiger partial charge is 0.147 e. The number of rotatable bonds is 0. The van der Waals surface area contributed by atoms with E-state index < -0.39 is 0 Å². The van der Waals surface area contributed by atoms with Crippen LogP contribution in [0.3, 0.4) is 0 Å². The third-order valence-corrected chi connectivity index (χ3v) is 2.14. The van der Waals surface area contributed by atoms with Gasteiger partial charge >= 0.3 is 0 Å². The predicted octanol–water partition coefficient (Wildman–Crippen LogP) is 2.33. The fourth-order valence-electron chi connectivity index (χ4n) is 0.176. The van der Waals surface area contributed by atoms with Gasteiger partial charge in [-0.1, -0.05) is 8.19 Å². The average Bonchev–Trinajstić information content (AvgIpc) is 1.76. The first-order valence-electron chi connectivity index (χ1n) is 1.32. The molecule has 2 heteroatoms. The summed E-state index contributed by atoms with van der Waals surface area (Å²) in [6.07, 6.45) is 0. The molecule has 0 fully saturated rings. The van der Waals surface area contributed by atoms with Gasteiger partial charge < -0.3 is 0 Å². The van der Waals surface area contributed by atoms with Gasteiger partial charge in [0, 0.05) is 5.11 Å². The highest BCUT2D eigenvalue weighted by molar-refractivity contribution is 7.38. The van der Waals surface area contributed by atoms with E-state index in [0.29, 0.717) is 0 Å².